The zero-order valence-corrected chi connectivity index (χ0v) is 14.8. The number of rotatable bonds is 4. The molecule has 1 aromatic heterocycles. The lowest BCUT2D eigenvalue weighted by atomic mass is 10.1. The Hall–Kier alpha value is -2.62. The second-order valence-corrected chi connectivity index (χ2v) is 6.80. The van der Waals surface area contributed by atoms with Crippen molar-refractivity contribution in [1.82, 2.24) is 14.5 Å². The van der Waals surface area contributed by atoms with E-state index in [-0.39, 0.29) is 11.8 Å². The van der Waals surface area contributed by atoms with Gasteiger partial charge in [-0.2, -0.15) is 0 Å². The summed E-state index contributed by atoms with van der Waals surface area (Å²) in [7, 11) is 0. The monoisotopic (exact) mass is 333 g/mol. The molecule has 1 fully saturated rings. The third kappa shape index (κ3) is 2.82. The zero-order chi connectivity index (χ0) is 17.4. The number of nitrogens with zero attached hydrogens (tertiary/aromatic N) is 3. The highest BCUT2D eigenvalue weighted by Gasteiger charge is 2.33. The number of hydrogen-bond donors (Lipinski definition) is 0. The summed E-state index contributed by atoms with van der Waals surface area (Å²) in [5.41, 5.74) is 4.73. The molecule has 0 saturated carbocycles. The van der Waals surface area contributed by atoms with Gasteiger partial charge in [-0.25, -0.2) is 4.98 Å². The minimum atomic E-state index is 0.170. The summed E-state index contributed by atoms with van der Waals surface area (Å²) in [6.45, 7) is 6.52. The highest BCUT2D eigenvalue weighted by atomic mass is 16.2. The quantitative estimate of drug-likeness (QED) is 0.730. The smallest absolute Gasteiger partial charge is 0.223 e. The van der Waals surface area contributed by atoms with Crippen molar-refractivity contribution < 1.29 is 4.79 Å². The van der Waals surface area contributed by atoms with E-state index in [4.69, 9.17) is 4.98 Å². The summed E-state index contributed by atoms with van der Waals surface area (Å²) < 4.78 is 2.30. The van der Waals surface area contributed by atoms with Crippen LogP contribution in [0, 0.1) is 6.92 Å². The number of aryl methyl sites for hydroxylation is 1. The van der Waals surface area contributed by atoms with E-state index in [2.05, 4.69) is 54.0 Å². The number of benzene rings is 2. The van der Waals surface area contributed by atoms with Crippen LogP contribution in [0.5, 0.6) is 0 Å². The lowest BCUT2D eigenvalue weighted by Crippen LogP contribution is -2.24. The largest absolute Gasteiger partial charge is 0.342 e. The Morgan fingerprint density at radius 2 is 1.88 bits per heavy atom. The third-order valence-electron chi connectivity index (χ3n) is 5.24. The maximum atomic E-state index is 12.2. The molecule has 2 heterocycles. The molecule has 4 nitrogen and oxygen atoms in total. The van der Waals surface area contributed by atoms with Gasteiger partial charge in [-0.1, -0.05) is 36.4 Å². The van der Waals surface area contributed by atoms with E-state index in [9.17, 15) is 4.79 Å². The molecule has 1 aliphatic heterocycles. The number of para-hydroxylation sites is 2. The van der Waals surface area contributed by atoms with Crippen LogP contribution >= 0.6 is 0 Å². The Morgan fingerprint density at radius 3 is 2.64 bits per heavy atom. The molecule has 0 bridgehead atoms. The normalized spacial score (nSPS) is 17.6. The first kappa shape index (κ1) is 15.9. The molecule has 0 N–H and O–H groups in total. The zero-order valence-electron chi connectivity index (χ0n) is 14.8. The number of fused-ring (bicyclic) bond motifs is 1. The first-order valence-corrected chi connectivity index (χ1v) is 8.94. The summed E-state index contributed by atoms with van der Waals surface area (Å²) in [5.74, 6) is 1.44. The fraction of sp³-hybridized carbons (Fsp3) is 0.333. The van der Waals surface area contributed by atoms with E-state index in [0.29, 0.717) is 6.42 Å². The van der Waals surface area contributed by atoms with E-state index in [1.54, 1.807) is 0 Å². The highest BCUT2D eigenvalue weighted by Crippen LogP contribution is 2.31. The van der Waals surface area contributed by atoms with E-state index >= 15 is 0 Å². The predicted molar refractivity (Wildman–Crippen MR) is 99.6 cm³/mol. The average molecular weight is 333 g/mol. The van der Waals surface area contributed by atoms with Crippen molar-refractivity contribution in [2.75, 3.05) is 13.1 Å². The van der Waals surface area contributed by atoms with Crippen LogP contribution < -0.4 is 0 Å². The van der Waals surface area contributed by atoms with Crippen LogP contribution in [0.2, 0.25) is 0 Å². The predicted octanol–water partition coefficient (Wildman–Crippen LogP) is 3.73. The fourth-order valence-corrected chi connectivity index (χ4v) is 3.78. The van der Waals surface area contributed by atoms with Gasteiger partial charge in [0.15, 0.2) is 0 Å². The summed E-state index contributed by atoms with van der Waals surface area (Å²) in [6.07, 6.45) is 0.560. The van der Waals surface area contributed by atoms with Crippen LogP contribution in [0.1, 0.15) is 36.2 Å². The van der Waals surface area contributed by atoms with Crippen molar-refractivity contribution in [3.8, 4) is 0 Å². The van der Waals surface area contributed by atoms with Crippen LogP contribution in [0.3, 0.4) is 0 Å². The van der Waals surface area contributed by atoms with Crippen molar-refractivity contribution >= 4 is 16.9 Å². The molecular weight excluding hydrogens is 310 g/mol. The van der Waals surface area contributed by atoms with Crippen molar-refractivity contribution in [1.29, 1.82) is 0 Å². The number of hydrogen-bond acceptors (Lipinski definition) is 2. The number of imidazole rings is 1. The van der Waals surface area contributed by atoms with Gasteiger partial charge in [0.2, 0.25) is 5.91 Å². The molecule has 0 spiro atoms. The molecule has 1 saturated heterocycles. The Labute approximate surface area is 148 Å². The first-order valence-electron chi connectivity index (χ1n) is 8.94. The number of aromatic nitrogens is 2. The summed E-state index contributed by atoms with van der Waals surface area (Å²) in [6, 6.07) is 16.7. The molecule has 128 valence electrons. The Kier molecular flexibility index (Phi) is 4.04. The van der Waals surface area contributed by atoms with Gasteiger partial charge in [-0.15, -0.1) is 0 Å². The molecule has 4 heteroatoms. The van der Waals surface area contributed by atoms with Crippen LogP contribution in [0.15, 0.2) is 48.5 Å². The van der Waals surface area contributed by atoms with Crippen LogP contribution in [0.4, 0.5) is 0 Å². The standard InChI is InChI=1S/C21H23N3O/c1-3-23-13-17(12-20(23)25)21-22-18-10-6-7-11-19(18)24(21)14-16-9-5-4-8-15(16)2/h4-11,17H,3,12-14H2,1-2H3/t17-/m1/s1. The van der Waals surface area contributed by atoms with Crippen molar-refractivity contribution in [2.45, 2.75) is 32.7 Å². The summed E-state index contributed by atoms with van der Waals surface area (Å²) >= 11 is 0. The molecule has 3 aromatic rings. The number of amides is 1. The lowest BCUT2D eigenvalue weighted by Gasteiger charge is -2.16. The van der Waals surface area contributed by atoms with Crippen molar-refractivity contribution in [3.05, 3.63) is 65.5 Å². The van der Waals surface area contributed by atoms with Gasteiger partial charge in [0.1, 0.15) is 5.82 Å². The molecule has 1 aliphatic rings. The van der Waals surface area contributed by atoms with Gasteiger partial charge < -0.3 is 9.47 Å². The molecule has 1 atom stereocenters. The maximum Gasteiger partial charge on any atom is 0.223 e. The van der Waals surface area contributed by atoms with E-state index < -0.39 is 0 Å². The van der Waals surface area contributed by atoms with Gasteiger partial charge in [0.25, 0.3) is 0 Å². The Morgan fingerprint density at radius 1 is 1.12 bits per heavy atom. The van der Waals surface area contributed by atoms with Gasteiger partial charge >= 0.3 is 0 Å². The number of likely N-dealkylation sites (tertiary alicyclic amines) is 1. The second-order valence-electron chi connectivity index (χ2n) is 6.80. The van der Waals surface area contributed by atoms with E-state index in [1.807, 2.05) is 17.9 Å². The summed E-state index contributed by atoms with van der Waals surface area (Å²) in [4.78, 5) is 19.1. The van der Waals surface area contributed by atoms with E-state index in [1.165, 1.54) is 11.1 Å². The fourth-order valence-electron chi connectivity index (χ4n) is 3.78. The molecular formula is C21H23N3O. The van der Waals surface area contributed by atoms with Crippen LogP contribution in [-0.2, 0) is 11.3 Å². The number of likely N-dealkylation sites (N-methyl/N-ethyl adjacent to an activating group) is 1. The Bertz CT molecular complexity index is 928. The molecule has 0 unspecified atom stereocenters. The van der Waals surface area contributed by atoms with Crippen molar-refractivity contribution in [3.63, 3.8) is 0 Å². The molecule has 4 rings (SSSR count). The minimum Gasteiger partial charge on any atom is -0.342 e. The molecule has 0 radical (unpaired) electrons. The summed E-state index contributed by atoms with van der Waals surface area (Å²) in [5, 5.41) is 0. The van der Waals surface area contributed by atoms with Gasteiger partial charge in [-0.3, -0.25) is 4.79 Å². The SMILES string of the molecule is CCN1C[C@H](c2nc3ccccc3n2Cc2ccccc2C)CC1=O. The van der Waals surface area contributed by atoms with Crippen LogP contribution in [-0.4, -0.2) is 33.4 Å². The second kappa shape index (κ2) is 6.36. The minimum absolute atomic E-state index is 0.170. The lowest BCUT2D eigenvalue weighted by molar-refractivity contribution is -0.127. The number of carbonyl (C=O) groups excluding carboxylic acids is 1. The van der Waals surface area contributed by atoms with Crippen molar-refractivity contribution in [2.24, 2.45) is 0 Å². The van der Waals surface area contributed by atoms with E-state index in [0.717, 1.165) is 36.5 Å². The molecule has 2 aromatic carbocycles. The van der Waals surface area contributed by atoms with Gasteiger partial charge in [-0.05, 0) is 37.1 Å². The topological polar surface area (TPSA) is 38.1 Å². The average Bonchev–Trinajstić information content (AvgIpc) is 3.17. The molecule has 0 aliphatic carbocycles. The van der Waals surface area contributed by atoms with Gasteiger partial charge in [0.05, 0.1) is 11.0 Å². The highest BCUT2D eigenvalue weighted by molar-refractivity contribution is 5.81. The molecule has 25 heavy (non-hydrogen) atoms. The molecule has 1 amide bonds. The third-order valence-corrected chi connectivity index (χ3v) is 5.24. The number of carbonyl (C=O) groups is 1. The Balaban J connectivity index is 1.79. The van der Waals surface area contributed by atoms with Crippen LogP contribution in [0.25, 0.3) is 11.0 Å². The van der Waals surface area contributed by atoms with Gasteiger partial charge in [0, 0.05) is 32.0 Å². The first-order chi connectivity index (χ1) is 12.2. The maximum absolute atomic E-state index is 12.2.